The molecule has 0 spiro atoms. The van der Waals surface area contributed by atoms with Crippen LogP contribution in [0, 0.1) is 0 Å². The van der Waals surface area contributed by atoms with Gasteiger partial charge in [0.15, 0.2) is 0 Å². The third-order valence-corrected chi connectivity index (χ3v) is 5.17. The zero-order valence-electron chi connectivity index (χ0n) is 17.2. The molecule has 5 rings (SSSR count). The number of rotatable bonds is 6. The molecule has 0 fully saturated rings. The van der Waals surface area contributed by atoms with E-state index in [1.54, 1.807) is 0 Å². The average molecular weight is 406 g/mol. The predicted octanol–water partition coefficient (Wildman–Crippen LogP) is 6.04. The van der Waals surface area contributed by atoms with Crippen LogP contribution in [-0.2, 0) is 13.6 Å². The van der Waals surface area contributed by atoms with E-state index in [9.17, 15) is 0 Å². The van der Waals surface area contributed by atoms with E-state index in [1.165, 1.54) is 5.56 Å². The predicted molar refractivity (Wildman–Crippen MR) is 124 cm³/mol. The average Bonchev–Trinajstić information content (AvgIpc) is 3.14. The fourth-order valence-corrected chi connectivity index (χ4v) is 3.53. The highest BCUT2D eigenvalue weighted by molar-refractivity contribution is 5.82. The number of para-hydroxylation sites is 1. The third-order valence-electron chi connectivity index (χ3n) is 5.17. The number of aromatic nitrogens is 3. The van der Waals surface area contributed by atoms with Crippen molar-refractivity contribution in [2.45, 2.75) is 6.54 Å². The molecule has 2 heterocycles. The van der Waals surface area contributed by atoms with Gasteiger partial charge in [-0.3, -0.25) is 4.98 Å². The highest BCUT2D eigenvalue weighted by atomic mass is 16.5. The number of aryl methyl sites for hydroxylation is 1. The second-order valence-corrected chi connectivity index (χ2v) is 7.33. The molecule has 1 N–H and O–H groups in total. The van der Waals surface area contributed by atoms with Crippen LogP contribution in [0.5, 0.6) is 11.5 Å². The van der Waals surface area contributed by atoms with E-state index in [0.29, 0.717) is 0 Å². The standard InChI is InChI=1S/C26H22N4O/c1-30-25-16-23(20-11-8-14-22(15-20)31-21-12-6-3-7-13-21)27-18-24(25)29-26(30)28-17-19-9-4-2-5-10-19/h2-16,18H,17H2,1H3,(H,28,29). The first kappa shape index (κ1) is 18.9. The number of nitrogens with zero attached hydrogens (tertiary/aromatic N) is 3. The van der Waals surface area contributed by atoms with Gasteiger partial charge in [-0.05, 0) is 35.9 Å². The van der Waals surface area contributed by atoms with Crippen molar-refractivity contribution in [1.29, 1.82) is 0 Å². The Kier molecular flexibility index (Phi) is 5.07. The van der Waals surface area contributed by atoms with Crippen LogP contribution in [0.25, 0.3) is 22.3 Å². The van der Waals surface area contributed by atoms with Gasteiger partial charge in [-0.2, -0.15) is 0 Å². The minimum atomic E-state index is 0.719. The van der Waals surface area contributed by atoms with Gasteiger partial charge in [-0.25, -0.2) is 4.98 Å². The largest absolute Gasteiger partial charge is 0.457 e. The second kappa shape index (κ2) is 8.32. The molecule has 2 aromatic heterocycles. The van der Waals surface area contributed by atoms with Crippen molar-refractivity contribution in [2.24, 2.45) is 7.05 Å². The summed E-state index contributed by atoms with van der Waals surface area (Å²) in [6.07, 6.45) is 1.82. The lowest BCUT2D eigenvalue weighted by Crippen LogP contribution is -2.04. The van der Waals surface area contributed by atoms with Crippen molar-refractivity contribution in [3.63, 3.8) is 0 Å². The molecule has 0 radical (unpaired) electrons. The molecule has 0 saturated heterocycles. The number of benzene rings is 3. The van der Waals surface area contributed by atoms with Crippen LogP contribution in [0.2, 0.25) is 0 Å². The summed E-state index contributed by atoms with van der Waals surface area (Å²) in [6, 6.07) is 30.1. The molecule has 0 bridgehead atoms. The molecule has 0 aliphatic carbocycles. The summed E-state index contributed by atoms with van der Waals surface area (Å²) >= 11 is 0. The molecular formula is C26H22N4O. The van der Waals surface area contributed by atoms with E-state index < -0.39 is 0 Å². The molecule has 0 aliphatic heterocycles. The van der Waals surface area contributed by atoms with Crippen LogP contribution in [0.3, 0.4) is 0 Å². The Morgan fingerprint density at radius 1 is 0.839 bits per heavy atom. The number of fused-ring (bicyclic) bond motifs is 1. The summed E-state index contributed by atoms with van der Waals surface area (Å²) in [5, 5.41) is 3.42. The third kappa shape index (κ3) is 4.12. The molecule has 0 amide bonds. The molecule has 0 saturated carbocycles. The van der Waals surface area contributed by atoms with E-state index in [2.05, 4.69) is 33.1 Å². The van der Waals surface area contributed by atoms with Gasteiger partial charge in [0, 0.05) is 19.2 Å². The Labute approximate surface area is 181 Å². The first-order valence-corrected chi connectivity index (χ1v) is 10.2. The van der Waals surface area contributed by atoms with E-state index in [-0.39, 0.29) is 0 Å². The maximum atomic E-state index is 5.97. The topological polar surface area (TPSA) is 52.0 Å². The van der Waals surface area contributed by atoms with Gasteiger partial charge in [-0.15, -0.1) is 0 Å². The minimum absolute atomic E-state index is 0.719. The van der Waals surface area contributed by atoms with Crippen LogP contribution < -0.4 is 10.1 Å². The molecule has 0 aliphatic rings. The van der Waals surface area contributed by atoms with E-state index in [4.69, 9.17) is 9.72 Å². The number of pyridine rings is 1. The Morgan fingerprint density at radius 2 is 1.58 bits per heavy atom. The van der Waals surface area contributed by atoms with E-state index in [0.717, 1.165) is 46.3 Å². The fourth-order valence-electron chi connectivity index (χ4n) is 3.53. The summed E-state index contributed by atoms with van der Waals surface area (Å²) in [4.78, 5) is 9.34. The first-order valence-electron chi connectivity index (χ1n) is 10.2. The number of anilines is 1. The van der Waals surface area contributed by atoms with Gasteiger partial charge in [-0.1, -0.05) is 60.7 Å². The highest BCUT2D eigenvalue weighted by Gasteiger charge is 2.11. The van der Waals surface area contributed by atoms with Crippen LogP contribution >= 0.6 is 0 Å². The monoisotopic (exact) mass is 406 g/mol. The minimum Gasteiger partial charge on any atom is -0.457 e. The Bertz CT molecular complexity index is 1310. The molecule has 5 nitrogen and oxygen atoms in total. The molecule has 5 aromatic rings. The van der Waals surface area contributed by atoms with Crippen molar-refractivity contribution in [2.75, 3.05) is 5.32 Å². The maximum Gasteiger partial charge on any atom is 0.203 e. The van der Waals surface area contributed by atoms with Crippen LogP contribution in [0.1, 0.15) is 5.56 Å². The Morgan fingerprint density at radius 3 is 2.39 bits per heavy atom. The molecule has 5 heteroatoms. The van der Waals surface area contributed by atoms with Gasteiger partial charge in [0.2, 0.25) is 5.95 Å². The number of nitrogens with one attached hydrogen (secondary N) is 1. The molecule has 31 heavy (non-hydrogen) atoms. The van der Waals surface area contributed by atoms with Crippen molar-refractivity contribution in [1.82, 2.24) is 14.5 Å². The van der Waals surface area contributed by atoms with Crippen molar-refractivity contribution in [3.8, 4) is 22.8 Å². The first-order chi connectivity index (χ1) is 15.3. The number of imidazole rings is 1. The summed E-state index contributed by atoms with van der Waals surface area (Å²) in [5.41, 5.74) is 4.97. The smallest absolute Gasteiger partial charge is 0.203 e. The van der Waals surface area contributed by atoms with Gasteiger partial charge < -0.3 is 14.6 Å². The summed E-state index contributed by atoms with van der Waals surface area (Å²) in [7, 11) is 2.02. The molecule has 3 aromatic carbocycles. The zero-order valence-corrected chi connectivity index (χ0v) is 17.2. The quantitative estimate of drug-likeness (QED) is 0.373. The maximum absolute atomic E-state index is 5.97. The number of hydrogen-bond donors (Lipinski definition) is 1. The van der Waals surface area contributed by atoms with Gasteiger partial charge in [0.25, 0.3) is 0 Å². The lowest BCUT2D eigenvalue weighted by molar-refractivity contribution is 0.483. The summed E-state index contributed by atoms with van der Waals surface area (Å²) in [5.74, 6) is 2.41. The van der Waals surface area contributed by atoms with Gasteiger partial charge in [0.05, 0.1) is 17.4 Å². The molecule has 152 valence electrons. The lowest BCUT2D eigenvalue weighted by atomic mass is 10.1. The molecular weight excluding hydrogens is 384 g/mol. The van der Waals surface area contributed by atoms with Crippen LogP contribution in [0.4, 0.5) is 5.95 Å². The second-order valence-electron chi connectivity index (χ2n) is 7.33. The van der Waals surface area contributed by atoms with Crippen LogP contribution in [0.15, 0.2) is 97.2 Å². The SMILES string of the molecule is Cn1c(NCc2ccccc2)nc2cnc(-c3cccc(Oc4ccccc4)c3)cc21. The van der Waals surface area contributed by atoms with E-state index >= 15 is 0 Å². The van der Waals surface area contributed by atoms with Crippen molar-refractivity contribution >= 4 is 17.0 Å². The molecule has 0 unspecified atom stereocenters. The zero-order chi connectivity index (χ0) is 21.0. The van der Waals surface area contributed by atoms with Crippen LogP contribution in [-0.4, -0.2) is 14.5 Å². The Hall–Kier alpha value is -4.12. The van der Waals surface area contributed by atoms with Gasteiger partial charge in [0.1, 0.15) is 17.0 Å². The lowest BCUT2D eigenvalue weighted by Gasteiger charge is -2.08. The fraction of sp³-hybridized carbons (Fsp3) is 0.0769. The highest BCUT2D eigenvalue weighted by Crippen LogP contribution is 2.28. The van der Waals surface area contributed by atoms with Crippen molar-refractivity contribution in [3.05, 3.63) is 103 Å². The molecule has 0 atom stereocenters. The van der Waals surface area contributed by atoms with Gasteiger partial charge >= 0.3 is 0 Å². The normalized spacial score (nSPS) is 10.9. The summed E-state index contributed by atoms with van der Waals surface area (Å²) in [6.45, 7) is 0.719. The number of ether oxygens (including phenoxy) is 1. The summed E-state index contributed by atoms with van der Waals surface area (Å²) < 4.78 is 8.04. The Balaban J connectivity index is 1.41. The van der Waals surface area contributed by atoms with E-state index in [1.807, 2.05) is 86.0 Å². The van der Waals surface area contributed by atoms with Crippen molar-refractivity contribution < 1.29 is 4.74 Å². The number of hydrogen-bond acceptors (Lipinski definition) is 4.